The van der Waals surface area contributed by atoms with Crippen LogP contribution in [-0.2, 0) is 9.53 Å². The molecule has 2 atom stereocenters. The van der Waals surface area contributed by atoms with E-state index in [1.165, 1.54) is 25.7 Å². The molecule has 0 radical (unpaired) electrons. The Morgan fingerprint density at radius 2 is 1.86 bits per heavy atom. The van der Waals surface area contributed by atoms with Gasteiger partial charge >= 0.3 is 5.97 Å². The van der Waals surface area contributed by atoms with Crippen LogP contribution in [0.3, 0.4) is 0 Å². The average molecular weight is 380 g/mol. The molecule has 2 heterocycles. The first-order chi connectivity index (χ1) is 13.6. The minimum Gasteiger partial charge on any atom is -0.452 e. The van der Waals surface area contributed by atoms with Gasteiger partial charge in [0.15, 0.2) is 6.61 Å². The van der Waals surface area contributed by atoms with E-state index >= 15 is 0 Å². The number of hydrogen-bond donors (Lipinski definition) is 0. The number of pyridine rings is 1. The summed E-state index contributed by atoms with van der Waals surface area (Å²) in [5.74, 6) is 0.101. The number of carbonyl (C=O) groups excluding carboxylic acids is 2. The normalized spacial score (nSPS) is 22.0. The third-order valence-corrected chi connectivity index (χ3v) is 6.43. The summed E-state index contributed by atoms with van der Waals surface area (Å²) in [5.41, 5.74) is 2.83. The summed E-state index contributed by atoms with van der Waals surface area (Å²) < 4.78 is 5.46. The lowest BCUT2D eigenvalue weighted by atomic mass is 9.78. The van der Waals surface area contributed by atoms with Crippen molar-refractivity contribution in [3.05, 3.63) is 41.1 Å². The van der Waals surface area contributed by atoms with Crippen molar-refractivity contribution >= 4 is 22.8 Å². The molecule has 2 fully saturated rings. The second kappa shape index (κ2) is 7.90. The Balaban J connectivity index is 1.47. The van der Waals surface area contributed by atoms with Crippen molar-refractivity contribution < 1.29 is 14.3 Å². The zero-order chi connectivity index (χ0) is 19.7. The van der Waals surface area contributed by atoms with Crippen molar-refractivity contribution in [1.29, 1.82) is 0 Å². The van der Waals surface area contributed by atoms with Gasteiger partial charge in [-0.05, 0) is 57.1 Å². The van der Waals surface area contributed by atoms with Crippen LogP contribution in [0.1, 0.15) is 60.1 Å². The number of fused-ring (bicyclic) bond motifs is 2. The fourth-order valence-electron chi connectivity index (χ4n) is 5.05. The minimum absolute atomic E-state index is 0.0611. The molecular formula is C23H28N2O3. The number of amides is 1. The molecular weight excluding hydrogens is 352 g/mol. The molecule has 1 aromatic carbocycles. The summed E-state index contributed by atoms with van der Waals surface area (Å²) in [6.07, 6.45) is 7.02. The Kier molecular flexibility index (Phi) is 5.33. The van der Waals surface area contributed by atoms with Gasteiger partial charge < -0.3 is 9.64 Å². The second-order valence-electron chi connectivity index (χ2n) is 8.13. The molecule has 2 aromatic rings. The molecule has 2 aliphatic rings. The number of hydrogen-bond acceptors (Lipinski definition) is 4. The predicted molar refractivity (Wildman–Crippen MR) is 108 cm³/mol. The first-order valence-electron chi connectivity index (χ1n) is 10.4. The van der Waals surface area contributed by atoms with Gasteiger partial charge in [-0.15, -0.1) is 0 Å². The van der Waals surface area contributed by atoms with E-state index in [9.17, 15) is 9.59 Å². The van der Waals surface area contributed by atoms with Gasteiger partial charge in [0.2, 0.25) is 0 Å². The molecule has 148 valence electrons. The highest BCUT2D eigenvalue weighted by Gasteiger charge is 2.36. The van der Waals surface area contributed by atoms with Gasteiger partial charge in [-0.3, -0.25) is 9.78 Å². The van der Waals surface area contributed by atoms with Crippen LogP contribution in [-0.4, -0.2) is 41.0 Å². The monoisotopic (exact) mass is 380 g/mol. The molecule has 0 bridgehead atoms. The number of nitrogens with zero attached hydrogens (tertiary/aromatic N) is 2. The smallest absolute Gasteiger partial charge is 0.340 e. The van der Waals surface area contributed by atoms with Crippen molar-refractivity contribution in [1.82, 2.24) is 9.88 Å². The summed E-state index contributed by atoms with van der Waals surface area (Å²) in [6.45, 7) is 4.32. The summed E-state index contributed by atoms with van der Waals surface area (Å²) in [7, 11) is 0. The number of carbonyl (C=O) groups is 2. The number of likely N-dealkylation sites (tertiary alicyclic amines) is 1. The third kappa shape index (κ3) is 3.50. The number of ether oxygens (including phenoxy) is 1. The lowest BCUT2D eigenvalue weighted by Crippen LogP contribution is -2.50. The molecule has 5 heteroatoms. The van der Waals surface area contributed by atoms with Crippen LogP contribution in [0, 0.1) is 19.8 Å². The summed E-state index contributed by atoms with van der Waals surface area (Å²) in [4.78, 5) is 32.1. The molecule has 1 aliphatic carbocycles. The first-order valence-corrected chi connectivity index (χ1v) is 10.4. The van der Waals surface area contributed by atoms with Crippen molar-refractivity contribution in [3.8, 4) is 0 Å². The van der Waals surface area contributed by atoms with Crippen molar-refractivity contribution in [2.45, 2.75) is 58.4 Å². The molecule has 0 spiro atoms. The SMILES string of the molecule is Cc1nc2ccccc2c(C)c1C(=O)OCC(=O)N1CCC[C@@H]2CCCC[C@H]21. The third-order valence-electron chi connectivity index (χ3n) is 6.43. The van der Waals surface area contributed by atoms with Crippen LogP contribution in [0.25, 0.3) is 10.9 Å². The molecule has 1 aliphatic heterocycles. The van der Waals surface area contributed by atoms with E-state index in [0.29, 0.717) is 23.2 Å². The zero-order valence-electron chi connectivity index (χ0n) is 16.7. The van der Waals surface area contributed by atoms with E-state index in [2.05, 4.69) is 4.98 Å². The van der Waals surface area contributed by atoms with Crippen molar-refractivity contribution in [2.24, 2.45) is 5.92 Å². The Morgan fingerprint density at radius 1 is 1.11 bits per heavy atom. The lowest BCUT2D eigenvalue weighted by Gasteiger charge is -2.44. The number of para-hydroxylation sites is 1. The molecule has 4 rings (SSSR count). The summed E-state index contributed by atoms with van der Waals surface area (Å²) in [6, 6.07) is 8.09. The molecule has 1 aromatic heterocycles. The standard InChI is InChI=1S/C23H28N2O3/c1-15-18-10-4-5-11-19(18)24-16(2)22(15)23(27)28-14-21(26)25-13-7-9-17-8-3-6-12-20(17)25/h4-5,10-11,17,20H,3,6-9,12-14H2,1-2H3/t17-,20+/m0/s1. The van der Waals surface area contributed by atoms with Crippen LogP contribution in [0.15, 0.2) is 24.3 Å². The molecule has 1 amide bonds. The quantitative estimate of drug-likeness (QED) is 0.749. The highest BCUT2D eigenvalue weighted by atomic mass is 16.5. The van der Waals surface area contributed by atoms with Gasteiger partial charge in [-0.25, -0.2) is 4.79 Å². The van der Waals surface area contributed by atoms with Gasteiger partial charge in [0.1, 0.15) is 0 Å². The summed E-state index contributed by atoms with van der Waals surface area (Å²) >= 11 is 0. The van der Waals surface area contributed by atoms with Crippen LogP contribution in [0.4, 0.5) is 0 Å². The number of piperidine rings is 1. The number of aromatic nitrogens is 1. The van der Waals surface area contributed by atoms with E-state index in [1.54, 1.807) is 0 Å². The number of aryl methyl sites for hydroxylation is 2. The zero-order valence-corrected chi connectivity index (χ0v) is 16.7. The van der Waals surface area contributed by atoms with Crippen LogP contribution >= 0.6 is 0 Å². The molecule has 1 saturated heterocycles. The van der Waals surface area contributed by atoms with Gasteiger partial charge in [-0.2, -0.15) is 0 Å². The van der Waals surface area contributed by atoms with Gasteiger partial charge in [-0.1, -0.05) is 31.0 Å². The van der Waals surface area contributed by atoms with Gasteiger partial charge in [0.05, 0.1) is 16.8 Å². The first kappa shape index (κ1) is 18.9. The van der Waals surface area contributed by atoms with Crippen molar-refractivity contribution in [3.63, 3.8) is 0 Å². The maximum atomic E-state index is 12.8. The second-order valence-corrected chi connectivity index (χ2v) is 8.13. The Morgan fingerprint density at radius 3 is 2.71 bits per heavy atom. The fraction of sp³-hybridized carbons (Fsp3) is 0.522. The number of esters is 1. The fourth-order valence-corrected chi connectivity index (χ4v) is 5.05. The van der Waals surface area contributed by atoms with E-state index < -0.39 is 5.97 Å². The largest absolute Gasteiger partial charge is 0.452 e. The van der Waals surface area contributed by atoms with Crippen LogP contribution < -0.4 is 0 Å². The Bertz CT molecular complexity index is 906. The topological polar surface area (TPSA) is 59.5 Å². The van der Waals surface area contributed by atoms with Crippen molar-refractivity contribution in [2.75, 3.05) is 13.2 Å². The number of rotatable bonds is 3. The lowest BCUT2D eigenvalue weighted by molar-refractivity contribution is -0.140. The van der Waals surface area contributed by atoms with E-state index in [-0.39, 0.29) is 12.5 Å². The maximum Gasteiger partial charge on any atom is 0.340 e. The summed E-state index contributed by atoms with van der Waals surface area (Å²) in [5, 5.41) is 0.937. The maximum absolute atomic E-state index is 12.8. The van der Waals surface area contributed by atoms with Crippen LogP contribution in [0.2, 0.25) is 0 Å². The van der Waals surface area contributed by atoms with E-state index in [4.69, 9.17) is 4.74 Å². The molecule has 28 heavy (non-hydrogen) atoms. The van der Waals surface area contributed by atoms with Gasteiger partial charge in [0.25, 0.3) is 5.91 Å². The Hall–Kier alpha value is -2.43. The predicted octanol–water partition coefficient (Wildman–Crippen LogP) is 4.19. The Labute approximate surface area is 166 Å². The minimum atomic E-state index is -0.459. The highest BCUT2D eigenvalue weighted by Crippen LogP contribution is 2.35. The molecule has 1 saturated carbocycles. The van der Waals surface area contributed by atoms with Gasteiger partial charge in [0, 0.05) is 18.0 Å². The van der Waals surface area contributed by atoms with E-state index in [1.807, 2.05) is 43.0 Å². The molecule has 0 N–H and O–H groups in total. The molecule has 0 unspecified atom stereocenters. The number of benzene rings is 1. The van der Waals surface area contributed by atoms with Crippen LogP contribution in [0.5, 0.6) is 0 Å². The highest BCUT2D eigenvalue weighted by molar-refractivity contribution is 5.99. The van der Waals surface area contributed by atoms with E-state index in [0.717, 1.165) is 35.9 Å². The average Bonchev–Trinajstić information content (AvgIpc) is 2.71. The molecule has 5 nitrogen and oxygen atoms in total.